The Morgan fingerprint density at radius 1 is 0.830 bits per heavy atom. The minimum absolute atomic E-state index is 0.0266. The fraction of sp³-hybridized carbons (Fsp3) is 0.189. The smallest absolute Gasteiger partial charge is 0.301 e. The zero-order chi connectivity index (χ0) is 32.6. The van der Waals surface area contributed by atoms with Crippen LogP contribution in [0.1, 0.15) is 48.1 Å². The van der Waals surface area contributed by atoms with Crippen LogP contribution >= 0.6 is 23.1 Å². The van der Waals surface area contributed by atoms with Crippen LogP contribution in [0.2, 0.25) is 0 Å². The summed E-state index contributed by atoms with van der Waals surface area (Å²) in [5.74, 6) is 0.116. The molecule has 1 unspecified atom stereocenters. The lowest BCUT2D eigenvalue weighted by Crippen LogP contribution is -2.29. The molecular formula is C37H33N3O5S2. The average molecular weight is 664 g/mol. The Labute approximate surface area is 281 Å². The molecular weight excluding hydrogens is 631 g/mol. The Hall–Kier alpha value is -4.93. The summed E-state index contributed by atoms with van der Waals surface area (Å²) in [7, 11) is 0. The molecule has 47 heavy (non-hydrogen) atoms. The van der Waals surface area contributed by atoms with Gasteiger partial charge in [-0.15, -0.1) is 10.2 Å². The highest BCUT2D eigenvalue weighted by Crippen LogP contribution is 2.44. The number of Topliss-reactive ketones (excluding diaryl/α,β-unsaturated/α-hetero) is 1. The Balaban J connectivity index is 1.32. The molecule has 2 heterocycles. The maximum Gasteiger partial charge on any atom is 0.301 e. The molecule has 6 rings (SSSR count). The number of aliphatic hydroxyl groups is 1. The summed E-state index contributed by atoms with van der Waals surface area (Å²) in [5.41, 5.74) is 3.15. The van der Waals surface area contributed by atoms with Crippen LogP contribution < -0.4 is 14.4 Å². The number of anilines is 1. The number of benzene rings is 4. The van der Waals surface area contributed by atoms with Gasteiger partial charge in [-0.25, -0.2) is 0 Å². The van der Waals surface area contributed by atoms with Gasteiger partial charge >= 0.3 is 5.91 Å². The second kappa shape index (κ2) is 15.1. The SMILES string of the molecule is CCCCOc1ccc(C(O)=C2C(=O)C(=O)N(c3nnc(SCc4ccccc4)s3)C2c2ccc(OCc3ccccc3)cc2)cc1. The van der Waals surface area contributed by atoms with E-state index in [9.17, 15) is 14.7 Å². The Bertz CT molecular complexity index is 1840. The first kappa shape index (κ1) is 32.0. The van der Waals surface area contributed by atoms with Gasteiger partial charge in [0.1, 0.15) is 23.9 Å². The van der Waals surface area contributed by atoms with Crippen LogP contribution in [0.5, 0.6) is 11.5 Å². The van der Waals surface area contributed by atoms with Gasteiger partial charge in [-0.2, -0.15) is 0 Å². The zero-order valence-corrected chi connectivity index (χ0v) is 27.4. The lowest BCUT2D eigenvalue weighted by molar-refractivity contribution is -0.132. The van der Waals surface area contributed by atoms with Gasteiger partial charge in [0.05, 0.1) is 18.2 Å². The third-order valence-electron chi connectivity index (χ3n) is 7.59. The van der Waals surface area contributed by atoms with Crippen LogP contribution in [0.25, 0.3) is 5.76 Å². The highest BCUT2D eigenvalue weighted by Gasteiger charge is 2.48. The van der Waals surface area contributed by atoms with Crippen LogP contribution in [-0.2, 0) is 21.9 Å². The van der Waals surface area contributed by atoms with Crippen molar-refractivity contribution in [3.8, 4) is 11.5 Å². The first-order valence-corrected chi connectivity index (χ1v) is 17.1. The summed E-state index contributed by atoms with van der Waals surface area (Å²) in [6.07, 6.45) is 1.94. The van der Waals surface area contributed by atoms with E-state index in [2.05, 4.69) is 17.1 Å². The van der Waals surface area contributed by atoms with E-state index in [1.54, 1.807) is 48.5 Å². The van der Waals surface area contributed by atoms with Crippen molar-refractivity contribution >= 4 is 45.7 Å². The molecule has 1 amide bonds. The Morgan fingerprint density at radius 3 is 2.15 bits per heavy atom. The molecule has 8 nitrogen and oxygen atoms in total. The molecule has 0 saturated carbocycles. The zero-order valence-electron chi connectivity index (χ0n) is 25.7. The minimum Gasteiger partial charge on any atom is -0.507 e. The second-order valence-corrected chi connectivity index (χ2v) is 13.0. The van der Waals surface area contributed by atoms with Crippen LogP contribution in [0.15, 0.2) is 119 Å². The highest BCUT2D eigenvalue weighted by molar-refractivity contribution is 8.00. The van der Waals surface area contributed by atoms with Crippen LogP contribution in [0, 0.1) is 0 Å². The van der Waals surface area contributed by atoms with E-state index in [1.807, 2.05) is 60.7 Å². The number of hydrogen-bond donors (Lipinski definition) is 1. The molecule has 1 fully saturated rings. The molecule has 1 aliphatic rings. The average Bonchev–Trinajstić information content (AvgIpc) is 3.69. The number of carbonyl (C=O) groups is 2. The van der Waals surface area contributed by atoms with E-state index in [4.69, 9.17) is 9.47 Å². The van der Waals surface area contributed by atoms with Gasteiger partial charge in [0.15, 0.2) is 4.34 Å². The number of aromatic nitrogens is 2. The normalized spacial score (nSPS) is 15.6. The minimum atomic E-state index is -0.932. The molecule has 0 bridgehead atoms. The monoisotopic (exact) mass is 663 g/mol. The molecule has 10 heteroatoms. The van der Waals surface area contributed by atoms with Crippen molar-refractivity contribution in [1.29, 1.82) is 0 Å². The largest absolute Gasteiger partial charge is 0.507 e. The summed E-state index contributed by atoms with van der Waals surface area (Å²) in [4.78, 5) is 28.7. The third kappa shape index (κ3) is 7.56. The maximum atomic E-state index is 13.7. The number of rotatable bonds is 13. The number of ketones is 1. The Kier molecular flexibility index (Phi) is 10.3. The molecule has 238 valence electrons. The molecule has 4 aromatic carbocycles. The van der Waals surface area contributed by atoms with Crippen molar-refractivity contribution in [2.45, 2.75) is 42.5 Å². The molecule has 0 radical (unpaired) electrons. The molecule has 0 aliphatic carbocycles. The van der Waals surface area contributed by atoms with Gasteiger partial charge < -0.3 is 14.6 Å². The van der Waals surface area contributed by atoms with Gasteiger partial charge in [0.25, 0.3) is 5.78 Å². The lowest BCUT2D eigenvalue weighted by atomic mass is 9.95. The molecule has 1 saturated heterocycles. The number of ether oxygens (including phenoxy) is 2. The van der Waals surface area contributed by atoms with Gasteiger partial charge in [-0.3, -0.25) is 14.5 Å². The summed E-state index contributed by atoms with van der Waals surface area (Å²) < 4.78 is 12.4. The first-order chi connectivity index (χ1) is 23.0. The molecule has 1 atom stereocenters. The van der Waals surface area contributed by atoms with Gasteiger partial charge in [0.2, 0.25) is 5.13 Å². The molecule has 1 aromatic heterocycles. The van der Waals surface area contributed by atoms with Crippen LogP contribution in [-0.4, -0.2) is 33.6 Å². The number of carbonyl (C=O) groups excluding carboxylic acids is 2. The van der Waals surface area contributed by atoms with Crippen molar-refractivity contribution in [2.24, 2.45) is 0 Å². The molecule has 1 N–H and O–H groups in total. The number of unbranched alkanes of at least 4 members (excludes halogenated alkanes) is 1. The van der Waals surface area contributed by atoms with E-state index in [1.165, 1.54) is 28.0 Å². The van der Waals surface area contributed by atoms with Crippen LogP contribution in [0.4, 0.5) is 5.13 Å². The quantitative estimate of drug-likeness (QED) is 0.0336. The van der Waals surface area contributed by atoms with Gasteiger partial charge in [-0.05, 0) is 59.5 Å². The predicted octanol–water partition coefficient (Wildman–Crippen LogP) is 8.21. The van der Waals surface area contributed by atoms with Gasteiger partial charge in [0, 0.05) is 11.3 Å². The summed E-state index contributed by atoms with van der Waals surface area (Å²) >= 11 is 2.73. The van der Waals surface area contributed by atoms with E-state index in [0.717, 1.165) is 24.0 Å². The summed E-state index contributed by atoms with van der Waals surface area (Å²) in [6.45, 7) is 3.07. The standard InChI is InChI=1S/C37H33N3O5S2/c1-2-3-22-44-29-20-16-28(17-21-29)33(41)31-32(27-14-18-30(19-15-27)45-23-25-10-6-4-7-11-25)40(35(43)34(31)42)36-38-39-37(47-36)46-24-26-12-8-5-9-13-26/h4-21,32,41H,2-3,22-24H2,1H3. The first-order valence-electron chi connectivity index (χ1n) is 15.3. The molecule has 1 aliphatic heterocycles. The fourth-order valence-electron chi connectivity index (χ4n) is 5.11. The van der Waals surface area contributed by atoms with Crippen molar-refractivity contribution in [3.63, 3.8) is 0 Å². The lowest BCUT2D eigenvalue weighted by Gasteiger charge is -2.22. The number of amides is 1. The third-order valence-corrected chi connectivity index (χ3v) is 9.72. The maximum absolute atomic E-state index is 13.7. The number of nitrogens with zero attached hydrogens (tertiary/aromatic N) is 3. The fourth-order valence-corrected chi connectivity index (χ4v) is 6.93. The number of aliphatic hydroxyl groups excluding tert-OH is 1. The number of hydrogen-bond acceptors (Lipinski definition) is 9. The summed E-state index contributed by atoms with van der Waals surface area (Å²) in [6, 6.07) is 32.9. The van der Waals surface area contributed by atoms with E-state index >= 15 is 0 Å². The topological polar surface area (TPSA) is 102 Å². The van der Waals surface area contributed by atoms with Crippen molar-refractivity contribution in [2.75, 3.05) is 11.5 Å². The Morgan fingerprint density at radius 2 is 1.47 bits per heavy atom. The van der Waals surface area contributed by atoms with Crippen LogP contribution in [0.3, 0.4) is 0 Å². The van der Waals surface area contributed by atoms with E-state index in [0.29, 0.717) is 45.9 Å². The second-order valence-electron chi connectivity index (χ2n) is 10.9. The number of thioether (sulfide) groups is 1. The highest BCUT2D eigenvalue weighted by atomic mass is 32.2. The van der Waals surface area contributed by atoms with Crippen molar-refractivity contribution in [1.82, 2.24) is 10.2 Å². The van der Waals surface area contributed by atoms with Crippen molar-refractivity contribution < 1.29 is 24.2 Å². The summed E-state index contributed by atoms with van der Waals surface area (Å²) in [5, 5.41) is 20.5. The van der Waals surface area contributed by atoms with E-state index < -0.39 is 17.7 Å². The van der Waals surface area contributed by atoms with E-state index in [-0.39, 0.29) is 16.5 Å². The molecule has 5 aromatic rings. The van der Waals surface area contributed by atoms with Gasteiger partial charge in [-0.1, -0.05) is 109 Å². The predicted molar refractivity (Wildman–Crippen MR) is 185 cm³/mol. The van der Waals surface area contributed by atoms with Crippen molar-refractivity contribution in [3.05, 3.63) is 137 Å². The molecule has 0 spiro atoms.